The molecule has 1 N–H and O–H groups in total. The van der Waals surface area contributed by atoms with Gasteiger partial charge >= 0.3 is 0 Å². The minimum atomic E-state index is 0.111. The van der Waals surface area contributed by atoms with E-state index in [-0.39, 0.29) is 6.04 Å². The van der Waals surface area contributed by atoms with Gasteiger partial charge in [-0.15, -0.1) is 0 Å². The minimum Gasteiger partial charge on any atom is -0.497 e. The maximum atomic E-state index is 5.47. The van der Waals surface area contributed by atoms with E-state index in [1.54, 1.807) is 14.2 Å². The van der Waals surface area contributed by atoms with Gasteiger partial charge in [0.2, 0.25) is 0 Å². The summed E-state index contributed by atoms with van der Waals surface area (Å²) in [7, 11) is 5.26. The van der Waals surface area contributed by atoms with Crippen molar-refractivity contribution in [2.24, 2.45) is 7.05 Å². The molecule has 0 aliphatic rings. The lowest BCUT2D eigenvalue weighted by Gasteiger charge is -2.18. The van der Waals surface area contributed by atoms with Crippen molar-refractivity contribution in [1.29, 1.82) is 0 Å². The van der Waals surface area contributed by atoms with Gasteiger partial charge in [0.15, 0.2) is 0 Å². The van der Waals surface area contributed by atoms with Gasteiger partial charge in [0.05, 0.1) is 31.6 Å². The summed E-state index contributed by atoms with van der Waals surface area (Å²) in [5.41, 5.74) is 3.21. The first-order valence-electron chi connectivity index (χ1n) is 7.10. The SMILES string of the molecule is CCc1nn(C)cc1NC(C)c1ccc(OC)cc1OC. The van der Waals surface area contributed by atoms with Crippen LogP contribution in [0.5, 0.6) is 11.5 Å². The van der Waals surface area contributed by atoms with Crippen LogP contribution in [0.2, 0.25) is 0 Å². The maximum Gasteiger partial charge on any atom is 0.127 e. The Labute approximate surface area is 125 Å². The summed E-state index contributed by atoms with van der Waals surface area (Å²) in [6.07, 6.45) is 2.90. The molecule has 0 aliphatic heterocycles. The van der Waals surface area contributed by atoms with Crippen LogP contribution in [0.4, 0.5) is 5.69 Å². The number of hydrogen-bond donors (Lipinski definition) is 1. The Morgan fingerprint density at radius 2 is 2.05 bits per heavy atom. The number of hydrogen-bond acceptors (Lipinski definition) is 4. The molecule has 0 fully saturated rings. The van der Waals surface area contributed by atoms with Crippen LogP contribution in [-0.2, 0) is 13.5 Å². The highest BCUT2D eigenvalue weighted by Crippen LogP contribution is 2.31. The lowest BCUT2D eigenvalue weighted by atomic mass is 10.1. The summed E-state index contributed by atoms with van der Waals surface area (Å²) < 4.78 is 12.5. The van der Waals surface area contributed by atoms with Gasteiger partial charge in [0.1, 0.15) is 11.5 Å². The molecular formula is C16H23N3O2. The van der Waals surface area contributed by atoms with Gasteiger partial charge in [-0.2, -0.15) is 5.10 Å². The van der Waals surface area contributed by atoms with Crippen molar-refractivity contribution in [2.75, 3.05) is 19.5 Å². The molecule has 2 rings (SSSR count). The number of nitrogens with one attached hydrogen (secondary N) is 1. The van der Waals surface area contributed by atoms with Gasteiger partial charge in [-0.05, 0) is 25.5 Å². The van der Waals surface area contributed by atoms with Crippen molar-refractivity contribution in [2.45, 2.75) is 26.3 Å². The van der Waals surface area contributed by atoms with E-state index in [2.05, 4.69) is 24.3 Å². The van der Waals surface area contributed by atoms with Gasteiger partial charge in [-0.3, -0.25) is 4.68 Å². The predicted octanol–water partition coefficient (Wildman–Crippen LogP) is 3.17. The fraction of sp³-hybridized carbons (Fsp3) is 0.438. The molecule has 5 nitrogen and oxygen atoms in total. The van der Waals surface area contributed by atoms with Crippen molar-refractivity contribution >= 4 is 5.69 Å². The quantitative estimate of drug-likeness (QED) is 0.887. The molecule has 1 atom stereocenters. The average Bonchev–Trinajstić information content (AvgIpc) is 2.86. The summed E-state index contributed by atoms with van der Waals surface area (Å²) in [5.74, 6) is 1.61. The Bertz CT molecular complexity index is 608. The fourth-order valence-corrected chi connectivity index (χ4v) is 2.40. The van der Waals surface area contributed by atoms with Crippen molar-refractivity contribution in [3.05, 3.63) is 35.7 Å². The van der Waals surface area contributed by atoms with Crippen molar-refractivity contribution < 1.29 is 9.47 Å². The van der Waals surface area contributed by atoms with E-state index in [4.69, 9.17) is 9.47 Å². The van der Waals surface area contributed by atoms with Gasteiger partial charge in [-0.25, -0.2) is 0 Å². The Morgan fingerprint density at radius 3 is 2.67 bits per heavy atom. The molecule has 5 heteroatoms. The zero-order valence-electron chi connectivity index (χ0n) is 13.3. The number of methoxy groups -OCH3 is 2. The van der Waals surface area contributed by atoms with Crippen molar-refractivity contribution in [3.8, 4) is 11.5 Å². The number of nitrogens with zero attached hydrogens (tertiary/aromatic N) is 2. The van der Waals surface area contributed by atoms with Crippen LogP contribution in [0.15, 0.2) is 24.4 Å². The monoisotopic (exact) mass is 289 g/mol. The molecule has 0 bridgehead atoms. The summed E-state index contributed by atoms with van der Waals surface area (Å²) in [4.78, 5) is 0. The van der Waals surface area contributed by atoms with Crippen LogP contribution in [0, 0.1) is 0 Å². The Kier molecular flexibility index (Phi) is 4.73. The molecule has 21 heavy (non-hydrogen) atoms. The molecule has 2 aromatic rings. The second kappa shape index (κ2) is 6.52. The molecule has 1 heterocycles. The smallest absolute Gasteiger partial charge is 0.127 e. The second-order valence-corrected chi connectivity index (χ2v) is 4.99. The highest BCUT2D eigenvalue weighted by atomic mass is 16.5. The van der Waals surface area contributed by atoms with E-state index in [1.807, 2.05) is 36.1 Å². The predicted molar refractivity (Wildman–Crippen MR) is 84.2 cm³/mol. The third-order valence-electron chi connectivity index (χ3n) is 3.52. The first kappa shape index (κ1) is 15.2. The third-order valence-corrected chi connectivity index (χ3v) is 3.52. The van der Waals surface area contributed by atoms with Crippen molar-refractivity contribution in [1.82, 2.24) is 9.78 Å². The number of ether oxygens (including phenoxy) is 2. The Hall–Kier alpha value is -2.17. The standard InChI is InChI=1S/C16H23N3O2/c1-6-14-15(10-19(3)18-14)17-11(2)13-8-7-12(20-4)9-16(13)21-5/h7-11,17H,6H2,1-5H3. The first-order valence-corrected chi connectivity index (χ1v) is 7.10. The Morgan fingerprint density at radius 1 is 1.29 bits per heavy atom. The first-order chi connectivity index (χ1) is 10.1. The molecular weight excluding hydrogens is 266 g/mol. The van der Waals surface area contributed by atoms with Gasteiger partial charge in [0, 0.05) is 24.9 Å². The van der Waals surface area contributed by atoms with Crippen LogP contribution in [-0.4, -0.2) is 24.0 Å². The van der Waals surface area contributed by atoms with Gasteiger partial charge in [0.25, 0.3) is 0 Å². The van der Waals surface area contributed by atoms with E-state index in [1.165, 1.54) is 0 Å². The molecule has 1 aromatic carbocycles. The van der Waals surface area contributed by atoms with Crippen LogP contribution >= 0.6 is 0 Å². The largest absolute Gasteiger partial charge is 0.497 e. The zero-order chi connectivity index (χ0) is 15.4. The fourth-order valence-electron chi connectivity index (χ4n) is 2.40. The summed E-state index contributed by atoms with van der Waals surface area (Å²) in [6, 6.07) is 5.98. The van der Waals surface area contributed by atoms with Gasteiger partial charge in [-0.1, -0.05) is 6.92 Å². The van der Waals surface area contributed by atoms with Crippen LogP contribution in [0.1, 0.15) is 31.1 Å². The number of benzene rings is 1. The third kappa shape index (κ3) is 3.29. The maximum absolute atomic E-state index is 5.47. The average molecular weight is 289 g/mol. The summed E-state index contributed by atoms with van der Waals surface area (Å²) in [6.45, 7) is 4.21. The normalized spacial score (nSPS) is 12.0. The topological polar surface area (TPSA) is 48.3 Å². The number of anilines is 1. The van der Waals surface area contributed by atoms with Gasteiger partial charge < -0.3 is 14.8 Å². The highest BCUT2D eigenvalue weighted by molar-refractivity contribution is 5.51. The number of rotatable bonds is 6. The second-order valence-electron chi connectivity index (χ2n) is 4.99. The lowest BCUT2D eigenvalue weighted by Crippen LogP contribution is -2.09. The number of aromatic nitrogens is 2. The molecule has 0 amide bonds. The van der Waals surface area contributed by atoms with E-state index in [9.17, 15) is 0 Å². The lowest BCUT2D eigenvalue weighted by molar-refractivity contribution is 0.390. The molecule has 1 aromatic heterocycles. The highest BCUT2D eigenvalue weighted by Gasteiger charge is 2.15. The molecule has 0 saturated carbocycles. The van der Waals surface area contributed by atoms with Crippen LogP contribution < -0.4 is 14.8 Å². The minimum absolute atomic E-state index is 0.111. The van der Waals surface area contributed by atoms with E-state index in [0.29, 0.717) is 0 Å². The molecule has 0 saturated heterocycles. The number of aryl methyl sites for hydroxylation is 2. The van der Waals surface area contributed by atoms with E-state index >= 15 is 0 Å². The zero-order valence-corrected chi connectivity index (χ0v) is 13.3. The molecule has 114 valence electrons. The van der Waals surface area contributed by atoms with Crippen LogP contribution in [0.25, 0.3) is 0 Å². The van der Waals surface area contributed by atoms with Crippen LogP contribution in [0.3, 0.4) is 0 Å². The molecule has 0 spiro atoms. The molecule has 0 radical (unpaired) electrons. The molecule has 0 aliphatic carbocycles. The summed E-state index contributed by atoms with van der Waals surface area (Å²) in [5, 5.41) is 7.96. The van der Waals surface area contributed by atoms with Crippen molar-refractivity contribution in [3.63, 3.8) is 0 Å². The van der Waals surface area contributed by atoms with E-state index < -0.39 is 0 Å². The Balaban J connectivity index is 2.25. The van der Waals surface area contributed by atoms with E-state index in [0.717, 1.165) is 34.9 Å². The molecule has 1 unspecified atom stereocenters. The summed E-state index contributed by atoms with van der Waals surface area (Å²) >= 11 is 0.